The molecule has 3 aromatic carbocycles. The minimum Gasteiger partial charge on any atom is -0.351 e. The molecule has 0 unspecified atom stereocenters. The van der Waals surface area contributed by atoms with Crippen LogP contribution in [-0.2, 0) is 0 Å². The van der Waals surface area contributed by atoms with E-state index in [4.69, 9.17) is 0 Å². The second-order valence-corrected chi connectivity index (χ2v) is 5.65. The Balaban J connectivity index is 2.04. The third-order valence-electron chi connectivity index (χ3n) is 4.11. The van der Waals surface area contributed by atoms with Crippen molar-refractivity contribution in [2.75, 3.05) is 5.32 Å². The van der Waals surface area contributed by atoms with Crippen LogP contribution in [0.1, 0.15) is 16.7 Å². The van der Waals surface area contributed by atoms with Crippen LogP contribution in [0.15, 0.2) is 52.1 Å². The molecule has 0 spiro atoms. The van der Waals surface area contributed by atoms with E-state index in [2.05, 4.69) is 5.32 Å². The van der Waals surface area contributed by atoms with Gasteiger partial charge in [-0.2, -0.15) is 0 Å². The summed E-state index contributed by atoms with van der Waals surface area (Å²) >= 11 is 0. The van der Waals surface area contributed by atoms with Crippen LogP contribution in [0.3, 0.4) is 0 Å². The minimum absolute atomic E-state index is 0.391. The molecule has 3 nitrogen and oxygen atoms in total. The summed E-state index contributed by atoms with van der Waals surface area (Å²) in [7, 11) is 0. The Morgan fingerprint density at radius 1 is 0.818 bits per heavy atom. The van der Waals surface area contributed by atoms with E-state index in [0.717, 1.165) is 27.9 Å². The van der Waals surface area contributed by atoms with Gasteiger partial charge in [0.05, 0.1) is 5.56 Å². The third-order valence-corrected chi connectivity index (χ3v) is 4.11. The lowest BCUT2D eigenvalue weighted by Crippen LogP contribution is -2.35. The summed E-state index contributed by atoms with van der Waals surface area (Å²) in [5.74, 6) is 0. The first-order valence-electron chi connectivity index (χ1n) is 7.22. The predicted molar refractivity (Wildman–Crippen MR) is 90.7 cm³/mol. The fourth-order valence-corrected chi connectivity index (χ4v) is 2.53. The van der Waals surface area contributed by atoms with Crippen molar-refractivity contribution in [3.63, 3.8) is 0 Å². The highest BCUT2D eigenvalue weighted by molar-refractivity contribution is 5.85. The molecule has 0 saturated carbocycles. The zero-order valence-electron chi connectivity index (χ0n) is 12.9. The van der Waals surface area contributed by atoms with Gasteiger partial charge in [-0.15, -0.1) is 0 Å². The van der Waals surface area contributed by atoms with E-state index in [-0.39, 0.29) is 0 Å². The standard InChI is InChI=1S/C19H17NO2/c1-11-7-9-14(10-8-11)16-17(19(22)18(16)21)20-15-6-4-5-12(2)13(15)3/h4-10,20H,1-3H3. The van der Waals surface area contributed by atoms with Gasteiger partial charge >= 0.3 is 0 Å². The molecule has 0 heterocycles. The maximum Gasteiger partial charge on any atom is 0.250 e. The third kappa shape index (κ3) is 2.25. The molecule has 0 radical (unpaired) electrons. The zero-order chi connectivity index (χ0) is 15.9. The van der Waals surface area contributed by atoms with Crippen molar-refractivity contribution < 1.29 is 0 Å². The van der Waals surface area contributed by atoms with Gasteiger partial charge in [-0.1, -0.05) is 42.0 Å². The summed E-state index contributed by atoms with van der Waals surface area (Å²) < 4.78 is 0. The zero-order valence-corrected chi connectivity index (χ0v) is 12.9. The highest BCUT2D eigenvalue weighted by Gasteiger charge is 2.22. The van der Waals surface area contributed by atoms with E-state index in [9.17, 15) is 9.59 Å². The van der Waals surface area contributed by atoms with Crippen LogP contribution in [0.5, 0.6) is 0 Å². The lowest BCUT2D eigenvalue weighted by atomic mass is 9.97. The summed E-state index contributed by atoms with van der Waals surface area (Å²) in [4.78, 5) is 23.9. The molecule has 22 heavy (non-hydrogen) atoms. The van der Waals surface area contributed by atoms with Gasteiger partial charge in [0, 0.05) is 5.69 Å². The summed E-state index contributed by atoms with van der Waals surface area (Å²) in [6.07, 6.45) is 0. The molecule has 0 aliphatic carbocycles. The van der Waals surface area contributed by atoms with E-state index in [1.54, 1.807) is 0 Å². The van der Waals surface area contributed by atoms with Crippen LogP contribution >= 0.6 is 0 Å². The molecule has 0 aliphatic heterocycles. The highest BCUT2D eigenvalue weighted by Crippen LogP contribution is 2.28. The summed E-state index contributed by atoms with van der Waals surface area (Å²) in [6, 6.07) is 13.5. The Morgan fingerprint density at radius 2 is 1.50 bits per heavy atom. The van der Waals surface area contributed by atoms with Gasteiger partial charge in [0.2, 0.25) is 5.43 Å². The number of aryl methyl sites for hydroxylation is 2. The fourth-order valence-electron chi connectivity index (χ4n) is 2.53. The van der Waals surface area contributed by atoms with Crippen LogP contribution in [0.2, 0.25) is 0 Å². The average molecular weight is 291 g/mol. The second kappa shape index (κ2) is 5.26. The molecule has 3 aromatic rings. The Labute approximate surface area is 128 Å². The molecule has 1 N–H and O–H groups in total. The Morgan fingerprint density at radius 3 is 2.18 bits per heavy atom. The van der Waals surface area contributed by atoms with Crippen LogP contribution < -0.4 is 16.2 Å². The molecule has 0 fully saturated rings. The van der Waals surface area contributed by atoms with Crippen molar-refractivity contribution in [3.8, 4) is 11.1 Å². The lowest BCUT2D eigenvalue weighted by molar-refractivity contribution is 1.31. The van der Waals surface area contributed by atoms with Crippen molar-refractivity contribution in [2.24, 2.45) is 0 Å². The van der Waals surface area contributed by atoms with Gasteiger partial charge in [-0.25, -0.2) is 0 Å². The molecule has 0 atom stereocenters. The maximum atomic E-state index is 12.0. The van der Waals surface area contributed by atoms with Gasteiger partial charge in [-0.05, 0) is 43.5 Å². The van der Waals surface area contributed by atoms with E-state index in [1.165, 1.54) is 0 Å². The van der Waals surface area contributed by atoms with Gasteiger partial charge in [0.15, 0.2) is 0 Å². The first kappa shape index (κ1) is 14.3. The summed E-state index contributed by atoms with van der Waals surface area (Å²) in [5, 5.41) is 3.14. The molecule has 0 saturated heterocycles. The first-order chi connectivity index (χ1) is 10.5. The van der Waals surface area contributed by atoms with Crippen LogP contribution in [-0.4, -0.2) is 0 Å². The smallest absolute Gasteiger partial charge is 0.250 e. The summed E-state index contributed by atoms with van der Waals surface area (Å²) in [5.41, 5.74) is 4.97. The van der Waals surface area contributed by atoms with Crippen LogP contribution in [0, 0.1) is 20.8 Å². The van der Waals surface area contributed by atoms with Gasteiger partial charge < -0.3 is 5.32 Å². The number of hydrogen-bond donors (Lipinski definition) is 1. The summed E-state index contributed by atoms with van der Waals surface area (Å²) in [6.45, 7) is 6.00. The topological polar surface area (TPSA) is 46.2 Å². The van der Waals surface area contributed by atoms with E-state index in [1.807, 2.05) is 63.2 Å². The van der Waals surface area contributed by atoms with Crippen molar-refractivity contribution >= 4 is 11.4 Å². The number of rotatable bonds is 3. The van der Waals surface area contributed by atoms with Crippen LogP contribution in [0.4, 0.5) is 11.4 Å². The first-order valence-corrected chi connectivity index (χ1v) is 7.22. The largest absolute Gasteiger partial charge is 0.351 e. The molecule has 0 aliphatic rings. The molecule has 0 aromatic heterocycles. The van der Waals surface area contributed by atoms with Gasteiger partial charge in [0.1, 0.15) is 5.69 Å². The number of nitrogens with one attached hydrogen (secondary N) is 1. The molecule has 0 amide bonds. The number of anilines is 2. The number of hydrogen-bond acceptors (Lipinski definition) is 3. The Kier molecular flexibility index (Phi) is 3.41. The van der Waals surface area contributed by atoms with Crippen molar-refractivity contribution in [3.05, 3.63) is 79.6 Å². The number of benzene rings is 2. The molecular formula is C19H17NO2. The Hall–Kier alpha value is -2.68. The molecule has 110 valence electrons. The highest BCUT2D eigenvalue weighted by atomic mass is 16.2. The average Bonchev–Trinajstić information content (AvgIpc) is 2.52. The maximum absolute atomic E-state index is 12.0. The van der Waals surface area contributed by atoms with Crippen molar-refractivity contribution in [1.29, 1.82) is 0 Å². The van der Waals surface area contributed by atoms with Gasteiger partial charge in [0.25, 0.3) is 5.43 Å². The second-order valence-electron chi connectivity index (χ2n) is 5.65. The molecule has 3 heteroatoms. The van der Waals surface area contributed by atoms with Gasteiger partial charge in [-0.3, -0.25) is 9.59 Å². The minimum atomic E-state index is -0.448. The van der Waals surface area contributed by atoms with Crippen molar-refractivity contribution in [2.45, 2.75) is 20.8 Å². The quantitative estimate of drug-likeness (QED) is 0.750. The monoisotopic (exact) mass is 291 g/mol. The van der Waals surface area contributed by atoms with Crippen LogP contribution in [0.25, 0.3) is 11.1 Å². The SMILES string of the molecule is Cc1ccc(-c2c(Nc3cccc(C)c3C)c(=O)c2=O)cc1. The van der Waals surface area contributed by atoms with E-state index < -0.39 is 10.9 Å². The molecule has 0 bridgehead atoms. The molecular weight excluding hydrogens is 274 g/mol. The molecule has 3 rings (SSSR count). The van der Waals surface area contributed by atoms with Crippen molar-refractivity contribution in [1.82, 2.24) is 0 Å². The van der Waals surface area contributed by atoms with E-state index >= 15 is 0 Å². The fraction of sp³-hybridized carbons (Fsp3) is 0.158. The Bertz CT molecular complexity index is 914. The normalized spacial score (nSPS) is 10.9. The lowest BCUT2D eigenvalue weighted by Gasteiger charge is -2.16. The predicted octanol–water partition coefficient (Wildman–Crippen LogP) is 3.62. The van der Waals surface area contributed by atoms with E-state index in [0.29, 0.717) is 11.3 Å².